The van der Waals surface area contributed by atoms with E-state index in [1.807, 2.05) is 0 Å². The van der Waals surface area contributed by atoms with Crippen LogP contribution in [-0.2, 0) is 28.3 Å². The van der Waals surface area contributed by atoms with E-state index in [0.717, 1.165) is 17.1 Å². The Morgan fingerprint density at radius 3 is 2.50 bits per heavy atom. The molecule has 0 N–H and O–H groups in total. The molecular formula is C15H9N2O8S-. The Morgan fingerprint density at radius 1 is 1.15 bits per heavy atom. The smallest absolute Gasteiger partial charge is 0.363 e. The molecule has 0 radical (unpaired) electrons. The zero-order chi connectivity index (χ0) is 18.8. The Labute approximate surface area is 150 Å². The molecule has 1 atom stereocenters. The third kappa shape index (κ3) is 3.22. The van der Waals surface area contributed by atoms with Crippen molar-refractivity contribution in [2.75, 3.05) is 4.90 Å². The number of amides is 4. The molecule has 1 unspecified atom stereocenters. The number of imide groups is 2. The van der Waals surface area contributed by atoms with Gasteiger partial charge in [0.15, 0.2) is 0 Å². The van der Waals surface area contributed by atoms with Crippen molar-refractivity contribution in [3.8, 4) is 0 Å². The van der Waals surface area contributed by atoms with Crippen LogP contribution >= 0.6 is 12.0 Å². The third-order valence-electron chi connectivity index (χ3n) is 3.54. The zero-order valence-electron chi connectivity index (χ0n) is 12.8. The molecule has 2 aliphatic rings. The number of anilines is 1. The van der Waals surface area contributed by atoms with E-state index in [1.54, 1.807) is 0 Å². The SMILES string of the molecule is O=C(ON1C(=O)CC(SO[O-])C1=O)c1cccc(N2C(=O)C=CC2=O)c1. The van der Waals surface area contributed by atoms with Crippen molar-refractivity contribution in [2.24, 2.45) is 0 Å². The summed E-state index contributed by atoms with van der Waals surface area (Å²) in [7, 11) is 0. The normalized spacial score (nSPS) is 19.7. The van der Waals surface area contributed by atoms with E-state index < -0.39 is 34.8 Å². The number of carbonyl (C=O) groups excluding carboxylic acids is 5. The molecule has 4 amide bonds. The summed E-state index contributed by atoms with van der Waals surface area (Å²) in [5.74, 6) is -3.88. The number of carbonyl (C=O) groups is 5. The van der Waals surface area contributed by atoms with Gasteiger partial charge >= 0.3 is 5.97 Å². The zero-order valence-corrected chi connectivity index (χ0v) is 13.6. The van der Waals surface area contributed by atoms with Crippen LogP contribution < -0.4 is 10.2 Å². The highest BCUT2D eigenvalue weighted by atomic mass is 32.2. The largest absolute Gasteiger partial charge is 0.711 e. The van der Waals surface area contributed by atoms with Gasteiger partial charge in [-0.25, -0.2) is 9.69 Å². The molecule has 1 saturated heterocycles. The van der Waals surface area contributed by atoms with Crippen molar-refractivity contribution < 1.29 is 38.4 Å². The average Bonchev–Trinajstić information content (AvgIpc) is 3.09. The summed E-state index contributed by atoms with van der Waals surface area (Å²) in [4.78, 5) is 64.9. The lowest BCUT2D eigenvalue weighted by atomic mass is 10.2. The summed E-state index contributed by atoms with van der Waals surface area (Å²) in [6.07, 6.45) is 1.83. The van der Waals surface area contributed by atoms with Crippen LogP contribution in [0.4, 0.5) is 5.69 Å². The minimum absolute atomic E-state index is 0.0909. The van der Waals surface area contributed by atoms with Gasteiger partial charge in [-0.05, 0) is 30.2 Å². The second kappa shape index (κ2) is 7.07. The number of nitrogens with zero attached hydrogens (tertiary/aromatic N) is 2. The number of benzene rings is 1. The van der Waals surface area contributed by atoms with Crippen LogP contribution in [0.5, 0.6) is 0 Å². The highest BCUT2D eigenvalue weighted by Gasteiger charge is 2.42. The summed E-state index contributed by atoms with van der Waals surface area (Å²) in [5.41, 5.74) is 0.0403. The monoisotopic (exact) mass is 377 g/mol. The highest BCUT2D eigenvalue weighted by molar-refractivity contribution is 7.95. The molecule has 0 bridgehead atoms. The Hall–Kier alpha value is -3.02. The van der Waals surface area contributed by atoms with Crippen LogP contribution in [0.1, 0.15) is 16.8 Å². The number of hydrogen-bond acceptors (Lipinski definition) is 9. The fourth-order valence-corrected chi connectivity index (χ4v) is 2.85. The van der Waals surface area contributed by atoms with Gasteiger partial charge in [-0.2, -0.15) is 0 Å². The van der Waals surface area contributed by atoms with Gasteiger partial charge in [-0.3, -0.25) is 19.2 Å². The second-order valence-corrected chi connectivity index (χ2v) is 6.06. The topological polar surface area (TPSA) is 133 Å². The molecular weight excluding hydrogens is 368 g/mol. The lowest BCUT2D eigenvalue weighted by molar-refractivity contribution is -0.630. The molecule has 0 spiro atoms. The second-order valence-electron chi connectivity index (χ2n) is 5.16. The Morgan fingerprint density at radius 2 is 1.85 bits per heavy atom. The van der Waals surface area contributed by atoms with Crippen molar-refractivity contribution in [1.29, 1.82) is 0 Å². The molecule has 26 heavy (non-hydrogen) atoms. The van der Waals surface area contributed by atoms with Crippen molar-refractivity contribution in [3.05, 3.63) is 42.0 Å². The van der Waals surface area contributed by atoms with Crippen molar-refractivity contribution in [3.63, 3.8) is 0 Å². The van der Waals surface area contributed by atoms with Gasteiger partial charge in [0.1, 0.15) is 5.25 Å². The molecule has 10 nitrogen and oxygen atoms in total. The molecule has 2 aliphatic heterocycles. The Kier molecular flexibility index (Phi) is 4.84. The first-order chi connectivity index (χ1) is 12.4. The average molecular weight is 377 g/mol. The molecule has 0 aromatic heterocycles. The van der Waals surface area contributed by atoms with E-state index in [1.165, 1.54) is 24.3 Å². The van der Waals surface area contributed by atoms with Gasteiger partial charge in [-0.1, -0.05) is 6.07 Å². The summed E-state index contributed by atoms with van der Waals surface area (Å²) >= 11 is 0.250. The lowest BCUT2D eigenvalue weighted by Crippen LogP contribution is -2.34. The summed E-state index contributed by atoms with van der Waals surface area (Å²) in [5, 5.41) is 9.28. The number of rotatable bonds is 5. The van der Waals surface area contributed by atoms with Crippen LogP contribution in [0.15, 0.2) is 36.4 Å². The van der Waals surface area contributed by atoms with Crippen molar-refractivity contribution >= 4 is 47.3 Å². The molecule has 1 fully saturated rings. The quantitative estimate of drug-likeness (QED) is 0.281. The van der Waals surface area contributed by atoms with E-state index >= 15 is 0 Å². The van der Waals surface area contributed by atoms with Crippen LogP contribution in [0.25, 0.3) is 0 Å². The maximum atomic E-state index is 12.2. The van der Waals surface area contributed by atoms with Crippen LogP contribution in [0.3, 0.4) is 0 Å². The first-order valence-electron chi connectivity index (χ1n) is 7.13. The first-order valence-corrected chi connectivity index (χ1v) is 7.93. The lowest BCUT2D eigenvalue weighted by Gasteiger charge is -2.16. The molecule has 134 valence electrons. The minimum Gasteiger partial charge on any atom is -0.711 e. The van der Waals surface area contributed by atoms with Gasteiger partial charge in [-0.15, -0.1) is 5.06 Å². The fourth-order valence-electron chi connectivity index (χ4n) is 2.36. The molecule has 3 rings (SSSR count). The van der Waals surface area contributed by atoms with Gasteiger partial charge in [0.2, 0.25) is 0 Å². The van der Waals surface area contributed by atoms with Gasteiger partial charge in [0.05, 0.1) is 17.7 Å². The van der Waals surface area contributed by atoms with Gasteiger partial charge in [0, 0.05) is 12.2 Å². The molecule has 0 aliphatic carbocycles. The summed E-state index contributed by atoms with van der Waals surface area (Å²) < 4.78 is 3.53. The molecule has 0 saturated carbocycles. The third-order valence-corrected chi connectivity index (χ3v) is 4.22. The number of hydroxylamine groups is 2. The summed E-state index contributed by atoms with van der Waals surface area (Å²) in [6, 6.07) is 5.37. The number of hydrogen-bond donors (Lipinski definition) is 0. The van der Waals surface area contributed by atoms with Gasteiger partial charge in [0.25, 0.3) is 23.6 Å². The van der Waals surface area contributed by atoms with Crippen molar-refractivity contribution in [2.45, 2.75) is 11.7 Å². The van der Waals surface area contributed by atoms with E-state index in [4.69, 9.17) is 4.84 Å². The van der Waals surface area contributed by atoms with E-state index in [0.29, 0.717) is 0 Å². The van der Waals surface area contributed by atoms with E-state index in [9.17, 15) is 29.2 Å². The predicted molar refractivity (Wildman–Crippen MR) is 82.4 cm³/mol. The Balaban J connectivity index is 1.76. The summed E-state index contributed by atoms with van der Waals surface area (Å²) in [6.45, 7) is 0. The molecule has 11 heteroatoms. The predicted octanol–water partition coefficient (Wildman–Crippen LogP) is -0.745. The Bertz CT molecular complexity index is 834. The molecule has 2 heterocycles. The standard InChI is InChI=1S/C15H10N2O8S/c18-11-4-5-12(19)16(11)9-3-1-2-8(6-9)15(22)24-17-13(20)7-10(14(17)21)26-25-23/h1-6,10,23H,7H2/p-1. The van der Waals surface area contributed by atoms with E-state index in [-0.39, 0.29) is 34.8 Å². The van der Waals surface area contributed by atoms with Crippen LogP contribution in [-0.4, -0.2) is 39.9 Å². The van der Waals surface area contributed by atoms with Gasteiger partial charge < -0.3 is 14.4 Å². The highest BCUT2D eigenvalue weighted by Crippen LogP contribution is 2.26. The van der Waals surface area contributed by atoms with E-state index in [2.05, 4.69) is 4.33 Å². The molecule has 1 aromatic rings. The van der Waals surface area contributed by atoms with Crippen LogP contribution in [0, 0.1) is 0 Å². The maximum Gasteiger partial charge on any atom is 0.363 e. The van der Waals surface area contributed by atoms with Crippen molar-refractivity contribution in [1.82, 2.24) is 5.06 Å². The fraction of sp³-hybridized carbons (Fsp3) is 0.133. The minimum atomic E-state index is -1.09. The molecule has 1 aromatic carbocycles. The maximum absolute atomic E-state index is 12.2. The first kappa shape index (κ1) is 17.8. The van der Waals surface area contributed by atoms with Crippen LogP contribution in [0.2, 0.25) is 0 Å².